The molecule has 0 amide bonds. The van der Waals surface area contributed by atoms with E-state index >= 15 is 0 Å². The first kappa shape index (κ1) is 14.8. The van der Waals surface area contributed by atoms with Crippen LogP contribution in [-0.4, -0.2) is 40.6 Å². The molecule has 110 valence electrons. The molecular formula is C15H28N2O2. The summed E-state index contributed by atoms with van der Waals surface area (Å²) in [4.78, 5) is 13.9. The number of piperidine rings is 1. The molecule has 3 N–H and O–H groups in total. The maximum atomic E-state index is 11.4. The van der Waals surface area contributed by atoms with Crippen molar-refractivity contribution in [2.24, 2.45) is 11.7 Å². The third kappa shape index (κ3) is 3.11. The van der Waals surface area contributed by atoms with E-state index in [4.69, 9.17) is 5.73 Å². The highest BCUT2D eigenvalue weighted by Gasteiger charge is 2.45. The van der Waals surface area contributed by atoms with Crippen molar-refractivity contribution in [3.05, 3.63) is 0 Å². The van der Waals surface area contributed by atoms with E-state index in [1.54, 1.807) is 0 Å². The number of hydrogen-bond donors (Lipinski definition) is 2. The SMILES string of the molecule is CCC1CCCCN1CCC1CCCC1(N)C(=O)O. The van der Waals surface area contributed by atoms with Gasteiger partial charge in [-0.25, -0.2) is 0 Å². The lowest BCUT2D eigenvalue weighted by Crippen LogP contribution is -2.52. The molecule has 0 bridgehead atoms. The van der Waals surface area contributed by atoms with Crippen LogP contribution in [0.2, 0.25) is 0 Å². The second-order valence-electron chi connectivity index (χ2n) is 6.32. The van der Waals surface area contributed by atoms with Gasteiger partial charge >= 0.3 is 5.97 Å². The Morgan fingerprint density at radius 2 is 2.16 bits per heavy atom. The minimum absolute atomic E-state index is 0.157. The summed E-state index contributed by atoms with van der Waals surface area (Å²) in [5.74, 6) is -0.648. The van der Waals surface area contributed by atoms with Crippen molar-refractivity contribution in [3.8, 4) is 0 Å². The van der Waals surface area contributed by atoms with Gasteiger partial charge in [-0.15, -0.1) is 0 Å². The number of hydrogen-bond acceptors (Lipinski definition) is 3. The second kappa shape index (κ2) is 6.23. The number of likely N-dealkylation sites (tertiary alicyclic amines) is 1. The molecule has 1 aliphatic carbocycles. The smallest absolute Gasteiger partial charge is 0.323 e. The number of aliphatic carboxylic acids is 1. The summed E-state index contributed by atoms with van der Waals surface area (Å²) in [7, 11) is 0. The fraction of sp³-hybridized carbons (Fsp3) is 0.933. The zero-order valence-corrected chi connectivity index (χ0v) is 12.1. The van der Waals surface area contributed by atoms with E-state index in [1.165, 1.54) is 32.2 Å². The zero-order valence-electron chi connectivity index (χ0n) is 12.1. The predicted molar refractivity (Wildman–Crippen MR) is 76.0 cm³/mol. The summed E-state index contributed by atoms with van der Waals surface area (Å²) >= 11 is 0. The molecule has 1 aliphatic heterocycles. The average molecular weight is 268 g/mol. The normalized spacial score (nSPS) is 36.5. The number of rotatable bonds is 5. The van der Waals surface area contributed by atoms with Crippen molar-refractivity contribution >= 4 is 5.97 Å². The predicted octanol–water partition coefficient (Wildman–Crippen LogP) is 2.22. The van der Waals surface area contributed by atoms with E-state index in [0.717, 1.165) is 25.8 Å². The number of nitrogens with zero attached hydrogens (tertiary/aromatic N) is 1. The first-order valence-electron chi connectivity index (χ1n) is 7.84. The molecule has 19 heavy (non-hydrogen) atoms. The van der Waals surface area contributed by atoms with Gasteiger partial charge in [0, 0.05) is 6.04 Å². The van der Waals surface area contributed by atoms with Crippen LogP contribution in [0.1, 0.15) is 58.3 Å². The quantitative estimate of drug-likeness (QED) is 0.802. The van der Waals surface area contributed by atoms with Gasteiger partial charge < -0.3 is 15.7 Å². The minimum Gasteiger partial charge on any atom is -0.480 e. The van der Waals surface area contributed by atoms with Crippen LogP contribution >= 0.6 is 0 Å². The molecule has 1 saturated heterocycles. The molecule has 4 heteroatoms. The van der Waals surface area contributed by atoms with E-state index in [-0.39, 0.29) is 5.92 Å². The van der Waals surface area contributed by atoms with Gasteiger partial charge in [0.1, 0.15) is 5.54 Å². The molecule has 3 unspecified atom stereocenters. The molecule has 2 rings (SSSR count). The van der Waals surface area contributed by atoms with Gasteiger partial charge in [-0.3, -0.25) is 4.79 Å². The molecule has 0 aromatic heterocycles. The van der Waals surface area contributed by atoms with Gasteiger partial charge in [-0.1, -0.05) is 19.8 Å². The number of carboxylic acid groups (broad SMARTS) is 1. The fourth-order valence-corrected chi connectivity index (χ4v) is 3.92. The minimum atomic E-state index is -0.961. The Hall–Kier alpha value is -0.610. The molecule has 0 spiro atoms. The van der Waals surface area contributed by atoms with E-state index in [2.05, 4.69) is 11.8 Å². The van der Waals surface area contributed by atoms with Crippen LogP contribution in [0.15, 0.2) is 0 Å². The molecule has 3 atom stereocenters. The van der Waals surface area contributed by atoms with Crippen LogP contribution in [0.25, 0.3) is 0 Å². The molecule has 4 nitrogen and oxygen atoms in total. The van der Waals surface area contributed by atoms with Crippen molar-refractivity contribution in [2.75, 3.05) is 13.1 Å². The molecule has 0 aromatic carbocycles. The first-order chi connectivity index (χ1) is 9.08. The Bertz CT molecular complexity index is 321. The lowest BCUT2D eigenvalue weighted by atomic mass is 9.85. The van der Waals surface area contributed by atoms with E-state index in [0.29, 0.717) is 12.5 Å². The van der Waals surface area contributed by atoms with Gasteiger partial charge in [0.2, 0.25) is 0 Å². The average Bonchev–Trinajstić information content (AvgIpc) is 2.79. The molecule has 2 fully saturated rings. The molecule has 0 aromatic rings. The summed E-state index contributed by atoms with van der Waals surface area (Å²) in [6, 6.07) is 0.701. The van der Waals surface area contributed by atoms with Crippen molar-refractivity contribution < 1.29 is 9.90 Å². The Labute approximate surface area is 116 Å². The number of carboxylic acids is 1. The van der Waals surface area contributed by atoms with Gasteiger partial charge in [-0.2, -0.15) is 0 Å². The zero-order chi connectivity index (χ0) is 13.9. The van der Waals surface area contributed by atoms with Gasteiger partial charge in [0.15, 0.2) is 0 Å². The Morgan fingerprint density at radius 3 is 2.84 bits per heavy atom. The maximum absolute atomic E-state index is 11.4. The molecule has 2 aliphatic rings. The van der Waals surface area contributed by atoms with Gasteiger partial charge in [0.05, 0.1) is 0 Å². The van der Waals surface area contributed by atoms with Crippen LogP contribution in [0.4, 0.5) is 0 Å². The third-order valence-electron chi connectivity index (χ3n) is 5.25. The van der Waals surface area contributed by atoms with Crippen molar-refractivity contribution in [1.29, 1.82) is 0 Å². The summed E-state index contributed by atoms with van der Waals surface area (Å²) in [5.41, 5.74) is 5.15. The van der Waals surface area contributed by atoms with Crippen molar-refractivity contribution in [3.63, 3.8) is 0 Å². The van der Waals surface area contributed by atoms with E-state index in [1.807, 2.05) is 0 Å². The number of carbonyl (C=O) groups is 1. The summed E-state index contributed by atoms with van der Waals surface area (Å²) in [6.45, 7) is 4.45. The van der Waals surface area contributed by atoms with Crippen LogP contribution in [0.5, 0.6) is 0 Å². The van der Waals surface area contributed by atoms with Gasteiger partial charge in [0.25, 0.3) is 0 Å². The lowest BCUT2D eigenvalue weighted by Gasteiger charge is -2.37. The van der Waals surface area contributed by atoms with Crippen molar-refractivity contribution in [2.45, 2.75) is 69.9 Å². The Kier molecular flexibility index (Phi) is 4.85. The first-order valence-corrected chi connectivity index (χ1v) is 7.84. The van der Waals surface area contributed by atoms with Crippen LogP contribution in [-0.2, 0) is 4.79 Å². The van der Waals surface area contributed by atoms with Crippen LogP contribution < -0.4 is 5.73 Å². The molecular weight excluding hydrogens is 240 g/mol. The largest absolute Gasteiger partial charge is 0.480 e. The highest BCUT2D eigenvalue weighted by Crippen LogP contribution is 2.36. The highest BCUT2D eigenvalue weighted by molar-refractivity contribution is 5.79. The standard InChI is InChI=1S/C15H28N2O2/c1-2-13-7-3-4-10-17(13)11-8-12-6-5-9-15(12,16)14(18)19/h12-13H,2-11,16H2,1H3,(H,18,19). The Balaban J connectivity index is 1.89. The Morgan fingerprint density at radius 1 is 1.37 bits per heavy atom. The molecule has 1 heterocycles. The molecule has 0 radical (unpaired) electrons. The van der Waals surface area contributed by atoms with Crippen LogP contribution in [0, 0.1) is 5.92 Å². The lowest BCUT2D eigenvalue weighted by molar-refractivity contribution is -0.144. The second-order valence-corrected chi connectivity index (χ2v) is 6.32. The summed E-state index contributed by atoms with van der Waals surface area (Å²) in [6.07, 6.45) is 8.66. The highest BCUT2D eigenvalue weighted by atomic mass is 16.4. The van der Waals surface area contributed by atoms with E-state index < -0.39 is 11.5 Å². The third-order valence-corrected chi connectivity index (χ3v) is 5.25. The fourth-order valence-electron chi connectivity index (χ4n) is 3.92. The monoisotopic (exact) mass is 268 g/mol. The topological polar surface area (TPSA) is 66.6 Å². The summed E-state index contributed by atoms with van der Waals surface area (Å²) in [5, 5.41) is 9.34. The van der Waals surface area contributed by atoms with Crippen LogP contribution in [0.3, 0.4) is 0 Å². The van der Waals surface area contributed by atoms with E-state index in [9.17, 15) is 9.90 Å². The maximum Gasteiger partial charge on any atom is 0.323 e. The number of nitrogens with two attached hydrogens (primary N) is 1. The molecule has 1 saturated carbocycles. The van der Waals surface area contributed by atoms with Gasteiger partial charge in [-0.05, 0) is 57.5 Å². The summed E-state index contributed by atoms with van der Waals surface area (Å²) < 4.78 is 0. The van der Waals surface area contributed by atoms with Crippen molar-refractivity contribution in [1.82, 2.24) is 4.90 Å².